The first kappa shape index (κ1) is 16.8. The van der Waals surface area contributed by atoms with Gasteiger partial charge in [-0.1, -0.05) is 60.7 Å². The molecule has 2 aliphatic carbocycles. The number of benzene rings is 2. The summed E-state index contributed by atoms with van der Waals surface area (Å²) >= 11 is 0. The molecule has 0 aliphatic heterocycles. The van der Waals surface area contributed by atoms with Gasteiger partial charge in [-0.15, -0.1) is 0 Å². The Hall–Kier alpha value is -2.33. The first-order valence-corrected chi connectivity index (χ1v) is 9.68. The van der Waals surface area contributed by atoms with Crippen LogP contribution in [0, 0.1) is 0 Å². The van der Waals surface area contributed by atoms with Gasteiger partial charge in [-0.05, 0) is 44.7 Å². The Kier molecular flexibility index (Phi) is 5.07. The van der Waals surface area contributed by atoms with Crippen LogP contribution in [0.5, 0.6) is 0 Å². The van der Waals surface area contributed by atoms with Gasteiger partial charge in [0.05, 0.1) is 0 Å². The minimum Gasteiger partial charge on any atom is -0.444 e. The average Bonchev–Trinajstić information content (AvgIpc) is 3.69. The van der Waals surface area contributed by atoms with E-state index in [1.54, 1.807) is 0 Å². The van der Waals surface area contributed by atoms with Gasteiger partial charge in [0.25, 0.3) is 0 Å². The van der Waals surface area contributed by atoms with Crippen LogP contribution in [0.1, 0.15) is 63.9 Å². The van der Waals surface area contributed by atoms with Gasteiger partial charge >= 0.3 is 6.09 Å². The van der Waals surface area contributed by atoms with Crippen molar-refractivity contribution in [1.82, 2.24) is 5.32 Å². The van der Waals surface area contributed by atoms with E-state index >= 15 is 0 Å². The van der Waals surface area contributed by atoms with Gasteiger partial charge in [0.1, 0.15) is 5.60 Å². The quantitative estimate of drug-likeness (QED) is 0.762. The molecule has 0 bridgehead atoms. The monoisotopic (exact) mass is 377 g/mol. The topological polar surface area (TPSA) is 64.3 Å². The number of nitrogens with two attached hydrogens (primary N) is 1. The fourth-order valence-corrected chi connectivity index (χ4v) is 3.18. The Balaban J connectivity index is 0.000000548. The van der Waals surface area contributed by atoms with Crippen molar-refractivity contribution in [3.8, 4) is 0 Å². The third-order valence-electron chi connectivity index (χ3n) is 4.79. The van der Waals surface area contributed by atoms with Gasteiger partial charge < -0.3 is 15.8 Å². The lowest BCUT2D eigenvalue weighted by molar-refractivity contribution is 0.0523. The highest BCUT2D eigenvalue weighted by molar-refractivity contribution is 5.69. The number of ether oxygens (including phenoxy) is 1. The summed E-state index contributed by atoms with van der Waals surface area (Å²) in [5.74, 6) is 1.10. The van der Waals surface area contributed by atoms with Gasteiger partial charge in [0.15, 0.2) is 0 Å². The molecule has 27 heavy (non-hydrogen) atoms. The van der Waals surface area contributed by atoms with Crippen molar-refractivity contribution in [2.45, 2.75) is 63.1 Å². The van der Waals surface area contributed by atoms with E-state index in [1.807, 2.05) is 45.0 Å². The maximum absolute atomic E-state index is 11.6. The molecule has 0 unspecified atom stereocenters. The molecule has 150 valence electrons. The van der Waals surface area contributed by atoms with Crippen LogP contribution in [0.25, 0.3) is 0 Å². The Labute approximate surface area is 169 Å². The zero-order valence-corrected chi connectivity index (χ0v) is 16.4. The van der Waals surface area contributed by atoms with Crippen molar-refractivity contribution in [3.63, 3.8) is 0 Å². The van der Waals surface area contributed by atoms with E-state index in [1.165, 1.54) is 17.5 Å². The fourth-order valence-electron chi connectivity index (χ4n) is 3.18. The lowest BCUT2D eigenvalue weighted by Gasteiger charge is -2.19. The van der Waals surface area contributed by atoms with Gasteiger partial charge in [0.2, 0.25) is 0 Å². The Morgan fingerprint density at radius 3 is 1.93 bits per heavy atom. The molecule has 2 aliphatic rings. The molecule has 0 saturated heterocycles. The highest BCUT2D eigenvalue weighted by atomic mass is 16.6. The average molecular weight is 378 g/mol. The largest absolute Gasteiger partial charge is 0.444 e. The summed E-state index contributed by atoms with van der Waals surface area (Å²) in [6.07, 6.45) is 1.86. The molecule has 1 amide bonds. The number of alkyl carbamates (subject to hydrolysis) is 1. The predicted octanol–water partition coefficient (Wildman–Crippen LogP) is 5.31. The highest BCUT2D eigenvalue weighted by Crippen LogP contribution is 2.40. The van der Waals surface area contributed by atoms with Crippen LogP contribution in [0.3, 0.4) is 0 Å². The summed E-state index contributed by atoms with van der Waals surface area (Å²) in [5.41, 5.74) is 7.95. The molecule has 2 aromatic carbocycles. The van der Waals surface area contributed by atoms with Crippen molar-refractivity contribution in [1.29, 1.82) is 0 Å². The number of hydrogen-bond acceptors (Lipinski definition) is 3. The van der Waals surface area contributed by atoms with Crippen LogP contribution >= 0.6 is 0 Å². The SMILES string of the molecule is CC(C)(C)OC(=O)N[C@H]1C[C@H]1c1ccccc1.N[C@H]1C[C@H]1c1ccccc1.[2HH].[2H][2H].[2H][2H]. The van der Waals surface area contributed by atoms with E-state index in [9.17, 15) is 4.79 Å². The second-order valence-corrected chi connectivity index (χ2v) is 8.42. The minimum absolute atomic E-state index is 0. The molecule has 4 nitrogen and oxygen atoms in total. The van der Waals surface area contributed by atoms with Crippen molar-refractivity contribution in [2.24, 2.45) is 5.73 Å². The van der Waals surface area contributed by atoms with E-state index in [0.29, 0.717) is 17.9 Å². The van der Waals surface area contributed by atoms with Gasteiger partial charge in [-0.3, -0.25) is 0 Å². The first-order chi connectivity index (χ1) is 14.8. The van der Waals surface area contributed by atoms with Gasteiger partial charge in [-0.2, -0.15) is 0 Å². The number of carbonyl (C=O) groups excluding carboxylic acids is 1. The second kappa shape index (κ2) is 8.13. The second-order valence-electron chi connectivity index (χ2n) is 8.42. The lowest BCUT2D eigenvalue weighted by atomic mass is 10.1. The van der Waals surface area contributed by atoms with Crippen LogP contribution in [0.2, 0.25) is 0 Å². The molecule has 2 aromatic rings. The van der Waals surface area contributed by atoms with Crippen molar-refractivity contribution in [2.75, 3.05) is 0 Å². The van der Waals surface area contributed by atoms with Crippen LogP contribution in [0.4, 0.5) is 4.79 Å². The molecule has 2 fully saturated rings. The van der Waals surface area contributed by atoms with Gasteiger partial charge in [0, 0.05) is 31.3 Å². The number of hydrogen-bond donors (Lipinski definition) is 2. The molecule has 4 heteroatoms. The highest BCUT2D eigenvalue weighted by Gasteiger charge is 2.40. The molecule has 4 atom stereocenters. The molecular formula is C23H36N2O2. The van der Waals surface area contributed by atoms with Crippen LogP contribution in [-0.4, -0.2) is 23.8 Å². The van der Waals surface area contributed by atoms with Crippen LogP contribution in [-0.2, 0) is 4.74 Å². The summed E-state index contributed by atoms with van der Waals surface area (Å²) < 4.78 is 25.2. The van der Waals surface area contributed by atoms with E-state index in [-0.39, 0.29) is 13.6 Å². The van der Waals surface area contributed by atoms with Crippen LogP contribution in [0.15, 0.2) is 60.7 Å². The lowest BCUT2D eigenvalue weighted by Crippen LogP contribution is -2.34. The molecule has 4 rings (SSSR count). The maximum atomic E-state index is 11.6. The maximum Gasteiger partial charge on any atom is 0.407 e. The number of rotatable bonds is 3. The molecular weight excluding hydrogens is 336 g/mol. The molecule has 2 saturated carbocycles. The third-order valence-corrected chi connectivity index (χ3v) is 4.79. The van der Waals surface area contributed by atoms with E-state index in [2.05, 4.69) is 41.7 Å². The Morgan fingerprint density at radius 2 is 1.48 bits per heavy atom. The first-order valence-electron chi connectivity index (χ1n) is 11.7. The zero-order valence-electron chi connectivity index (χ0n) is 20.4. The van der Waals surface area contributed by atoms with E-state index in [0.717, 1.165) is 6.42 Å². The number of amides is 1. The Morgan fingerprint density at radius 1 is 1.00 bits per heavy atom. The predicted molar refractivity (Wildman–Crippen MR) is 115 cm³/mol. The molecule has 0 aromatic heterocycles. The number of carbonyl (C=O) groups is 1. The van der Waals surface area contributed by atoms with Crippen molar-refractivity contribution >= 4 is 6.09 Å². The summed E-state index contributed by atoms with van der Waals surface area (Å²) in [6, 6.07) is 21.4. The van der Waals surface area contributed by atoms with E-state index in [4.69, 9.17) is 16.4 Å². The Bertz CT molecular complexity index is 760. The van der Waals surface area contributed by atoms with Crippen molar-refractivity contribution in [3.05, 3.63) is 71.8 Å². The fraction of sp³-hybridized carbons (Fsp3) is 0.435. The van der Waals surface area contributed by atoms with Gasteiger partial charge in [-0.25, -0.2) is 4.79 Å². The molecule has 0 heterocycles. The zero-order chi connectivity index (χ0) is 23.4. The molecule has 3 N–H and O–H groups in total. The summed E-state index contributed by atoms with van der Waals surface area (Å²) in [5, 5.41) is 2.90. The number of nitrogens with one attached hydrogen (secondary N) is 1. The third kappa shape index (κ3) is 6.10. The summed E-state index contributed by atoms with van der Waals surface area (Å²) in [7, 11) is 0. The normalized spacial score (nSPS) is 26.2. The van der Waals surface area contributed by atoms with Crippen molar-refractivity contribution < 1.29 is 16.9 Å². The van der Waals surface area contributed by atoms with Crippen LogP contribution < -0.4 is 11.1 Å². The standard InChI is InChI=1S/C14H19NO2.C9H11N.3H2/c1-14(2,3)17-13(16)15-12-9-11(12)10-7-5-4-6-8-10;10-9-6-8(9)7-4-2-1-3-5-7;;;/h4-8,11-12H,9H2,1-3H3,(H,15,16);1-5,8-9H,6,10H2;3*1H/t11-,12-;8-,9-;;;/m00.../s1/i;;2*1+1D;1+1. The molecule has 0 spiro atoms. The minimum atomic E-state index is -0.429. The summed E-state index contributed by atoms with van der Waals surface area (Å²) in [6.45, 7) is 5.61. The van der Waals surface area contributed by atoms with E-state index < -0.39 is 5.60 Å². The molecule has 0 radical (unpaired) electrons. The summed E-state index contributed by atoms with van der Waals surface area (Å²) in [4.78, 5) is 11.6. The smallest absolute Gasteiger partial charge is 0.407 e.